The molecular formula is C47H32N4O. The van der Waals surface area contributed by atoms with Gasteiger partial charge in [-0.2, -0.15) is 5.26 Å². The maximum absolute atomic E-state index is 9.54. The van der Waals surface area contributed by atoms with Gasteiger partial charge in [0.25, 0.3) is 0 Å². The van der Waals surface area contributed by atoms with Crippen molar-refractivity contribution < 1.29 is 4.74 Å². The Kier molecular flexibility index (Phi) is 6.92. The number of aliphatic imine (C=N–C) groups is 1. The molecule has 2 N–H and O–H groups in total. The van der Waals surface area contributed by atoms with Crippen LogP contribution >= 0.6 is 0 Å². The quantitative estimate of drug-likeness (QED) is 0.196. The van der Waals surface area contributed by atoms with Gasteiger partial charge >= 0.3 is 0 Å². The number of benzene rings is 7. The summed E-state index contributed by atoms with van der Waals surface area (Å²) >= 11 is 0. The number of amidine groups is 1. The van der Waals surface area contributed by atoms with Gasteiger partial charge in [-0.3, -0.25) is 5.32 Å². The molecule has 0 saturated carbocycles. The van der Waals surface area contributed by atoms with Crippen molar-refractivity contribution in [3.63, 3.8) is 0 Å². The van der Waals surface area contributed by atoms with E-state index < -0.39 is 5.41 Å². The molecule has 246 valence electrons. The van der Waals surface area contributed by atoms with Gasteiger partial charge in [0, 0.05) is 16.7 Å². The molecule has 2 aliphatic heterocycles. The first-order valence-corrected chi connectivity index (χ1v) is 17.6. The zero-order chi connectivity index (χ0) is 34.6. The van der Waals surface area contributed by atoms with E-state index in [4.69, 9.17) is 9.73 Å². The first-order valence-electron chi connectivity index (χ1n) is 17.6. The van der Waals surface area contributed by atoms with E-state index in [9.17, 15) is 5.26 Å². The predicted octanol–water partition coefficient (Wildman–Crippen LogP) is 10.0. The topological polar surface area (TPSA) is 69.4 Å². The lowest BCUT2D eigenvalue weighted by atomic mass is 9.66. The number of hydrogen-bond acceptors (Lipinski definition) is 5. The van der Waals surface area contributed by atoms with Crippen LogP contribution in [0.3, 0.4) is 0 Å². The van der Waals surface area contributed by atoms with E-state index in [1.165, 1.54) is 22.3 Å². The zero-order valence-electron chi connectivity index (χ0n) is 28.1. The van der Waals surface area contributed by atoms with Gasteiger partial charge in [0.05, 0.1) is 17.0 Å². The van der Waals surface area contributed by atoms with Crippen molar-refractivity contribution in [2.45, 2.75) is 17.7 Å². The molecule has 0 saturated heterocycles. The van der Waals surface area contributed by atoms with Gasteiger partial charge in [0.15, 0.2) is 0 Å². The summed E-state index contributed by atoms with van der Waals surface area (Å²) < 4.78 is 6.56. The minimum atomic E-state index is -0.564. The van der Waals surface area contributed by atoms with Gasteiger partial charge in [0.2, 0.25) is 0 Å². The fourth-order valence-electron chi connectivity index (χ4n) is 8.35. The van der Waals surface area contributed by atoms with E-state index in [1.54, 1.807) is 0 Å². The van der Waals surface area contributed by atoms with Crippen LogP contribution in [-0.4, -0.2) is 5.84 Å². The van der Waals surface area contributed by atoms with E-state index in [-0.39, 0.29) is 12.3 Å². The molecule has 2 unspecified atom stereocenters. The lowest BCUT2D eigenvalue weighted by Crippen LogP contribution is -2.45. The van der Waals surface area contributed by atoms with Crippen LogP contribution in [0.2, 0.25) is 0 Å². The van der Waals surface area contributed by atoms with Crippen LogP contribution in [0.25, 0.3) is 22.3 Å². The summed E-state index contributed by atoms with van der Waals surface area (Å²) in [4.78, 5) is 5.38. The Bertz CT molecular complexity index is 2560. The third kappa shape index (κ3) is 4.62. The summed E-state index contributed by atoms with van der Waals surface area (Å²) in [6, 6.07) is 61.4. The van der Waals surface area contributed by atoms with E-state index in [2.05, 4.69) is 144 Å². The molecule has 0 bridgehead atoms. The summed E-state index contributed by atoms with van der Waals surface area (Å²) in [7, 11) is 0. The lowest BCUT2D eigenvalue weighted by Gasteiger charge is -2.39. The monoisotopic (exact) mass is 668 g/mol. The van der Waals surface area contributed by atoms with Gasteiger partial charge in [0.1, 0.15) is 29.7 Å². The highest BCUT2D eigenvalue weighted by Crippen LogP contribution is 2.62. The van der Waals surface area contributed by atoms with Crippen LogP contribution in [0.1, 0.15) is 56.8 Å². The Morgan fingerprint density at radius 3 is 1.94 bits per heavy atom. The summed E-state index contributed by atoms with van der Waals surface area (Å²) in [6.45, 7) is 0. The van der Waals surface area contributed by atoms with Crippen molar-refractivity contribution in [2.75, 3.05) is 0 Å². The molecule has 5 nitrogen and oxygen atoms in total. The predicted molar refractivity (Wildman–Crippen MR) is 205 cm³/mol. The molecule has 0 radical (unpaired) electrons. The molecular weight excluding hydrogens is 637 g/mol. The summed E-state index contributed by atoms with van der Waals surface area (Å²) in [5.41, 5.74) is 12.5. The van der Waals surface area contributed by atoms with Crippen LogP contribution < -0.4 is 15.4 Å². The number of nitriles is 1. The zero-order valence-corrected chi connectivity index (χ0v) is 28.1. The Balaban J connectivity index is 1.15. The highest BCUT2D eigenvalue weighted by Gasteiger charge is 2.51. The van der Waals surface area contributed by atoms with Gasteiger partial charge in [-0.15, -0.1) is 0 Å². The molecule has 1 spiro atoms. The van der Waals surface area contributed by atoms with Crippen LogP contribution in [0.5, 0.6) is 11.5 Å². The van der Waals surface area contributed by atoms with E-state index in [0.717, 1.165) is 56.3 Å². The van der Waals surface area contributed by atoms with E-state index >= 15 is 0 Å². The van der Waals surface area contributed by atoms with Crippen molar-refractivity contribution in [2.24, 2.45) is 4.99 Å². The smallest absolute Gasteiger partial charge is 0.132 e. The Labute approximate surface area is 302 Å². The number of hydrogen-bond donors (Lipinski definition) is 2. The highest BCUT2D eigenvalue weighted by molar-refractivity contribution is 6.01. The van der Waals surface area contributed by atoms with Crippen LogP contribution in [0.15, 0.2) is 175 Å². The third-order valence-corrected chi connectivity index (χ3v) is 10.6. The second-order valence-corrected chi connectivity index (χ2v) is 13.5. The molecule has 0 amide bonds. The van der Waals surface area contributed by atoms with Crippen molar-refractivity contribution >= 4 is 5.84 Å². The maximum atomic E-state index is 9.54. The van der Waals surface area contributed by atoms with Crippen LogP contribution in [-0.2, 0) is 5.41 Å². The number of fused-ring (bicyclic) bond motifs is 9. The standard InChI is InChI=1S/C47H32N4O/c48-29-30-12-10-15-32(26-30)33-16-11-17-34(27-33)45-49-44(31-13-2-1-3-14-31)50-46(51-45)35-24-25-37-36-18-4-5-19-38(36)47(41(37)28-35)39-20-6-8-22-42(39)52-43-23-9-7-21-40(43)47/h1-28,44-45,49H,(H,50,51). The van der Waals surface area contributed by atoms with E-state index in [0.29, 0.717) is 5.56 Å². The Morgan fingerprint density at radius 2 is 1.17 bits per heavy atom. The number of rotatable bonds is 4. The van der Waals surface area contributed by atoms with Gasteiger partial charge < -0.3 is 10.1 Å². The molecule has 52 heavy (non-hydrogen) atoms. The highest BCUT2D eigenvalue weighted by atomic mass is 16.5. The average molecular weight is 669 g/mol. The third-order valence-electron chi connectivity index (χ3n) is 10.6. The fourth-order valence-corrected chi connectivity index (χ4v) is 8.35. The minimum Gasteiger partial charge on any atom is -0.457 e. The average Bonchev–Trinajstić information content (AvgIpc) is 3.51. The second-order valence-electron chi connectivity index (χ2n) is 13.5. The molecule has 2 heterocycles. The van der Waals surface area contributed by atoms with Gasteiger partial charge in [-0.25, -0.2) is 4.99 Å². The van der Waals surface area contributed by atoms with Crippen molar-refractivity contribution in [1.29, 1.82) is 5.26 Å². The minimum absolute atomic E-state index is 0.187. The summed E-state index contributed by atoms with van der Waals surface area (Å²) in [5.74, 6) is 2.56. The number of ether oxygens (including phenoxy) is 1. The number of nitrogens with one attached hydrogen (secondary N) is 2. The SMILES string of the molecule is N#Cc1cccc(-c2cccc(C3N=C(c4ccc5c(c4)C4(c6ccccc6Oc6ccccc64)c4ccccc4-5)NC(c4ccccc4)N3)c2)c1. The van der Waals surface area contributed by atoms with Gasteiger partial charge in [-0.1, -0.05) is 133 Å². The molecule has 10 rings (SSSR count). The summed E-state index contributed by atoms with van der Waals surface area (Å²) in [5, 5.41) is 17.1. The van der Waals surface area contributed by atoms with Crippen molar-refractivity contribution in [3.8, 4) is 39.8 Å². The Hall–Kier alpha value is -6.74. The first kappa shape index (κ1) is 30.1. The number of nitrogens with zero attached hydrogens (tertiary/aromatic N) is 2. The molecule has 3 aliphatic rings. The number of para-hydroxylation sites is 2. The van der Waals surface area contributed by atoms with Gasteiger partial charge in [-0.05, 0) is 80.9 Å². The van der Waals surface area contributed by atoms with Crippen molar-refractivity contribution in [3.05, 3.63) is 214 Å². The summed E-state index contributed by atoms with van der Waals surface area (Å²) in [6.07, 6.45) is -0.516. The molecule has 0 fully saturated rings. The molecule has 7 aromatic rings. The maximum Gasteiger partial charge on any atom is 0.132 e. The molecule has 5 heteroatoms. The largest absolute Gasteiger partial charge is 0.457 e. The van der Waals surface area contributed by atoms with Crippen molar-refractivity contribution in [1.82, 2.24) is 10.6 Å². The van der Waals surface area contributed by atoms with Crippen LogP contribution in [0.4, 0.5) is 0 Å². The second kappa shape index (κ2) is 11.9. The first-order chi connectivity index (χ1) is 25.7. The lowest BCUT2D eigenvalue weighted by molar-refractivity contribution is 0.409. The van der Waals surface area contributed by atoms with E-state index in [1.807, 2.05) is 42.5 Å². The fraction of sp³-hybridized carbons (Fsp3) is 0.0638. The molecule has 2 atom stereocenters. The molecule has 1 aliphatic carbocycles. The normalized spacial score (nSPS) is 17.3. The van der Waals surface area contributed by atoms with Crippen LogP contribution in [0, 0.1) is 11.3 Å². The molecule has 0 aromatic heterocycles. The Morgan fingerprint density at radius 1 is 0.538 bits per heavy atom. The molecule has 7 aromatic carbocycles.